The summed E-state index contributed by atoms with van der Waals surface area (Å²) >= 11 is 5.89. The fourth-order valence-electron chi connectivity index (χ4n) is 2.69. The predicted octanol–water partition coefficient (Wildman–Crippen LogP) is 2.60. The molecule has 1 amide bonds. The first-order valence-electron chi connectivity index (χ1n) is 6.98. The molecular weight excluding hydrogens is 288 g/mol. The molecule has 1 aromatic heterocycles. The van der Waals surface area contributed by atoms with Crippen LogP contribution >= 0.6 is 11.6 Å². The molecule has 0 radical (unpaired) electrons. The van der Waals surface area contributed by atoms with Crippen molar-refractivity contribution in [3.05, 3.63) is 47.2 Å². The molecule has 2 N–H and O–H groups in total. The number of carbonyl (C=O) groups excluding carboxylic acids is 1. The van der Waals surface area contributed by atoms with Crippen LogP contribution in [0.4, 0.5) is 5.69 Å². The van der Waals surface area contributed by atoms with E-state index in [1.807, 2.05) is 21.8 Å². The Morgan fingerprint density at radius 1 is 1.33 bits per heavy atom. The Balaban J connectivity index is 1.66. The number of rotatable bonds is 2. The van der Waals surface area contributed by atoms with E-state index in [1.165, 1.54) is 0 Å². The summed E-state index contributed by atoms with van der Waals surface area (Å²) in [6.07, 6.45) is 5.59. The molecule has 1 aromatic carbocycles. The molecule has 3 rings (SSSR count). The number of anilines is 1. The average molecular weight is 305 g/mol. The van der Waals surface area contributed by atoms with Crippen molar-refractivity contribution in [2.24, 2.45) is 0 Å². The van der Waals surface area contributed by atoms with Gasteiger partial charge >= 0.3 is 0 Å². The van der Waals surface area contributed by atoms with Crippen molar-refractivity contribution in [1.29, 1.82) is 0 Å². The Morgan fingerprint density at radius 3 is 2.71 bits per heavy atom. The van der Waals surface area contributed by atoms with Gasteiger partial charge in [0.1, 0.15) is 0 Å². The summed E-state index contributed by atoms with van der Waals surface area (Å²) in [6, 6.07) is 7.33. The summed E-state index contributed by atoms with van der Waals surface area (Å²) in [6.45, 7) is 1.46. The van der Waals surface area contributed by atoms with Crippen LogP contribution in [-0.4, -0.2) is 33.7 Å². The second kappa shape index (κ2) is 5.77. The fraction of sp³-hybridized carbons (Fsp3) is 0.333. The Morgan fingerprint density at radius 2 is 2.10 bits per heavy atom. The first-order valence-corrected chi connectivity index (χ1v) is 7.36. The normalized spacial score (nSPS) is 16.1. The predicted molar refractivity (Wildman–Crippen MR) is 82.3 cm³/mol. The standard InChI is InChI=1S/C15H17ClN4O/c16-13-3-2-11(10-14(13)17)15(21)19-8-4-12(5-9-19)20-7-1-6-18-20/h1-3,6-7,10,12H,4-5,8-9,17H2. The highest BCUT2D eigenvalue weighted by atomic mass is 35.5. The summed E-state index contributed by atoms with van der Waals surface area (Å²) in [5, 5.41) is 4.75. The lowest BCUT2D eigenvalue weighted by Crippen LogP contribution is -2.39. The number of aromatic nitrogens is 2. The van der Waals surface area contributed by atoms with Gasteiger partial charge in [-0.2, -0.15) is 5.10 Å². The van der Waals surface area contributed by atoms with E-state index in [9.17, 15) is 4.79 Å². The van der Waals surface area contributed by atoms with E-state index >= 15 is 0 Å². The van der Waals surface area contributed by atoms with E-state index in [2.05, 4.69) is 5.10 Å². The zero-order chi connectivity index (χ0) is 14.8. The number of amides is 1. The van der Waals surface area contributed by atoms with Crippen molar-refractivity contribution in [3.63, 3.8) is 0 Å². The third-order valence-corrected chi connectivity index (χ3v) is 4.24. The molecule has 1 saturated heterocycles. The number of nitrogens with zero attached hydrogens (tertiary/aromatic N) is 3. The summed E-state index contributed by atoms with van der Waals surface area (Å²) in [7, 11) is 0. The first kappa shape index (κ1) is 13.9. The Kier molecular flexibility index (Phi) is 3.84. The second-order valence-corrected chi connectivity index (χ2v) is 5.65. The van der Waals surface area contributed by atoms with Crippen molar-refractivity contribution in [1.82, 2.24) is 14.7 Å². The number of piperidine rings is 1. The monoisotopic (exact) mass is 304 g/mol. The minimum atomic E-state index is 0.0114. The highest BCUT2D eigenvalue weighted by molar-refractivity contribution is 6.33. The number of hydrogen-bond acceptors (Lipinski definition) is 3. The molecule has 1 aliphatic heterocycles. The number of nitrogen functional groups attached to an aromatic ring is 1. The third-order valence-electron chi connectivity index (χ3n) is 3.89. The molecule has 0 aliphatic carbocycles. The zero-order valence-corrected chi connectivity index (χ0v) is 12.3. The third kappa shape index (κ3) is 2.88. The second-order valence-electron chi connectivity index (χ2n) is 5.25. The first-order chi connectivity index (χ1) is 10.1. The topological polar surface area (TPSA) is 64.2 Å². The van der Waals surface area contributed by atoms with Gasteiger partial charge in [0.2, 0.25) is 0 Å². The number of halogens is 1. The van der Waals surface area contributed by atoms with E-state index in [0.717, 1.165) is 25.9 Å². The van der Waals surface area contributed by atoms with Gasteiger partial charge in [0, 0.05) is 31.0 Å². The van der Waals surface area contributed by atoms with Crippen LogP contribution in [0.25, 0.3) is 0 Å². The summed E-state index contributed by atoms with van der Waals surface area (Å²) in [5.41, 5.74) is 6.79. The summed E-state index contributed by atoms with van der Waals surface area (Å²) < 4.78 is 1.97. The number of hydrogen-bond donors (Lipinski definition) is 1. The van der Waals surface area contributed by atoms with Gasteiger partial charge in [0.05, 0.1) is 16.8 Å². The van der Waals surface area contributed by atoms with Gasteiger partial charge < -0.3 is 10.6 Å². The molecular formula is C15H17ClN4O. The molecule has 0 unspecified atom stereocenters. The van der Waals surface area contributed by atoms with E-state index in [1.54, 1.807) is 24.4 Å². The van der Waals surface area contributed by atoms with Crippen LogP contribution in [0.2, 0.25) is 5.02 Å². The molecule has 0 bridgehead atoms. The van der Waals surface area contributed by atoms with Crippen LogP contribution in [0.3, 0.4) is 0 Å². The molecule has 2 heterocycles. The van der Waals surface area contributed by atoms with Crippen LogP contribution in [0.1, 0.15) is 29.2 Å². The maximum atomic E-state index is 12.5. The molecule has 0 spiro atoms. The molecule has 2 aromatic rings. The van der Waals surface area contributed by atoms with Crippen molar-refractivity contribution in [2.45, 2.75) is 18.9 Å². The minimum Gasteiger partial charge on any atom is -0.398 e. The fourth-order valence-corrected chi connectivity index (χ4v) is 2.81. The zero-order valence-electron chi connectivity index (χ0n) is 11.6. The minimum absolute atomic E-state index is 0.0114. The lowest BCUT2D eigenvalue weighted by Gasteiger charge is -2.32. The Bertz CT molecular complexity index is 633. The van der Waals surface area contributed by atoms with E-state index in [4.69, 9.17) is 17.3 Å². The number of carbonyl (C=O) groups is 1. The highest BCUT2D eigenvalue weighted by Crippen LogP contribution is 2.24. The van der Waals surface area contributed by atoms with E-state index < -0.39 is 0 Å². The number of likely N-dealkylation sites (tertiary alicyclic amines) is 1. The van der Waals surface area contributed by atoms with Crippen molar-refractivity contribution in [3.8, 4) is 0 Å². The van der Waals surface area contributed by atoms with Gasteiger partial charge in [-0.05, 0) is 37.1 Å². The lowest BCUT2D eigenvalue weighted by molar-refractivity contribution is 0.0690. The van der Waals surface area contributed by atoms with Gasteiger partial charge in [-0.25, -0.2) is 0 Å². The Hall–Kier alpha value is -2.01. The molecule has 1 aliphatic rings. The molecule has 21 heavy (non-hydrogen) atoms. The van der Waals surface area contributed by atoms with Crippen LogP contribution in [0.5, 0.6) is 0 Å². The van der Waals surface area contributed by atoms with Crippen LogP contribution in [0, 0.1) is 0 Å². The maximum Gasteiger partial charge on any atom is 0.253 e. The molecule has 6 heteroatoms. The smallest absolute Gasteiger partial charge is 0.253 e. The van der Waals surface area contributed by atoms with Crippen LogP contribution in [0.15, 0.2) is 36.7 Å². The van der Waals surface area contributed by atoms with Gasteiger partial charge in [0.15, 0.2) is 0 Å². The van der Waals surface area contributed by atoms with Crippen molar-refractivity contribution < 1.29 is 4.79 Å². The highest BCUT2D eigenvalue weighted by Gasteiger charge is 2.24. The van der Waals surface area contributed by atoms with Gasteiger partial charge in [-0.1, -0.05) is 11.6 Å². The molecule has 0 atom stereocenters. The van der Waals surface area contributed by atoms with Crippen molar-refractivity contribution in [2.75, 3.05) is 18.8 Å². The molecule has 1 fully saturated rings. The Labute approximate surface area is 128 Å². The number of benzene rings is 1. The van der Waals surface area contributed by atoms with E-state index in [0.29, 0.717) is 22.3 Å². The van der Waals surface area contributed by atoms with E-state index in [-0.39, 0.29) is 5.91 Å². The molecule has 5 nitrogen and oxygen atoms in total. The SMILES string of the molecule is Nc1cc(C(=O)N2CCC(n3cccn3)CC2)ccc1Cl. The summed E-state index contributed by atoms with van der Waals surface area (Å²) in [5.74, 6) is 0.0114. The van der Waals surface area contributed by atoms with Crippen LogP contribution in [-0.2, 0) is 0 Å². The van der Waals surface area contributed by atoms with Gasteiger partial charge in [-0.3, -0.25) is 9.48 Å². The van der Waals surface area contributed by atoms with Crippen LogP contribution < -0.4 is 5.73 Å². The molecule has 0 saturated carbocycles. The number of nitrogens with two attached hydrogens (primary N) is 1. The van der Waals surface area contributed by atoms with Crippen molar-refractivity contribution >= 4 is 23.2 Å². The van der Waals surface area contributed by atoms with Gasteiger partial charge in [-0.15, -0.1) is 0 Å². The lowest BCUT2D eigenvalue weighted by atomic mass is 10.0. The maximum absolute atomic E-state index is 12.5. The largest absolute Gasteiger partial charge is 0.398 e. The average Bonchev–Trinajstić information content (AvgIpc) is 3.04. The summed E-state index contributed by atoms with van der Waals surface area (Å²) in [4.78, 5) is 14.3. The van der Waals surface area contributed by atoms with Gasteiger partial charge in [0.25, 0.3) is 5.91 Å². The molecule has 110 valence electrons. The quantitative estimate of drug-likeness (QED) is 0.867.